The normalized spacial score (nSPS) is 82.1. The van der Waals surface area contributed by atoms with E-state index in [1.54, 1.807) is 0 Å². The lowest BCUT2D eigenvalue weighted by atomic mass is 9.52. The molecule has 12 unspecified atom stereocenters. The molecular weight excluding hydrogens is 340 g/mol. The van der Waals surface area contributed by atoms with E-state index in [0.717, 1.165) is 107 Å². The van der Waals surface area contributed by atoms with E-state index >= 15 is 0 Å². The van der Waals surface area contributed by atoms with Gasteiger partial charge in [0.25, 0.3) is 0 Å². The standard InChI is InChI=1S/C26H32N2/c1-27(2)25-21-13-5-7-17-9(13)11-15(21)6-8-19(11)23(17)26(28(3)4)24-18(7)10-12(20(8)24)16(6)22(25)14(5)10/h5,7,9-26H,1-4H3. The molecule has 2 nitrogen and oxygen atoms in total. The van der Waals surface area contributed by atoms with Crippen LogP contribution in [0.1, 0.15) is 0 Å². The molecule has 12 aliphatic carbocycles. The van der Waals surface area contributed by atoms with Crippen LogP contribution in [0.15, 0.2) is 11.1 Å². The van der Waals surface area contributed by atoms with Gasteiger partial charge in [0, 0.05) is 12.1 Å². The van der Waals surface area contributed by atoms with E-state index in [0.29, 0.717) is 0 Å². The molecular formula is C26H32N2. The summed E-state index contributed by atoms with van der Waals surface area (Å²) in [4.78, 5) is 5.54. The van der Waals surface area contributed by atoms with Gasteiger partial charge in [-0.3, -0.25) is 0 Å². The van der Waals surface area contributed by atoms with Crippen LogP contribution in [0.4, 0.5) is 0 Å². The Kier molecular flexibility index (Phi) is 1.69. The summed E-state index contributed by atoms with van der Waals surface area (Å²) in [7, 11) is 9.88. The minimum Gasteiger partial charge on any atom is -0.306 e. The van der Waals surface area contributed by atoms with Gasteiger partial charge in [0.15, 0.2) is 0 Å². The first kappa shape index (κ1) is 13.9. The van der Waals surface area contributed by atoms with Crippen molar-refractivity contribution in [2.45, 2.75) is 12.1 Å². The van der Waals surface area contributed by atoms with Crippen molar-refractivity contribution in [2.75, 3.05) is 28.2 Å². The van der Waals surface area contributed by atoms with Crippen molar-refractivity contribution in [2.24, 2.45) is 107 Å². The van der Waals surface area contributed by atoms with Crippen LogP contribution < -0.4 is 0 Å². The maximum Gasteiger partial charge on any atom is 0.0163 e. The van der Waals surface area contributed by atoms with Crippen LogP contribution in [0.25, 0.3) is 0 Å². The molecule has 0 spiro atoms. The van der Waals surface area contributed by atoms with E-state index in [1.807, 2.05) is 0 Å². The third-order valence-electron chi connectivity index (χ3n) is 14.5. The van der Waals surface area contributed by atoms with Gasteiger partial charge in [-0.15, -0.1) is 0 Å². The quantitative estimate of drug-likeness (QED) is 0.687. The van der Waals surface area contributed by atoms with E-state index in [4.69, 9.17) is 0 Å². The van der Waals surface area contributed by atoms with Crippen LogP contribution in [-0.2, 0) is 0 Å². The summed E-state index contributed by atoms with van der Waals surface area (Å²) in [6, 6.07) is 1.91. The summed E-state index contributed by atoms with van der Waals surface area (Å²) in [5.41, 5.74) is 4.42. The van der Waals surface area contributed by atoms with Crippen molar-refractivity contribution in [3.8, 4) is 0 Å². The van der Waals surface area contributed by atoms with Gasteiger partial charge < -0.3 is 9.80 Å². The van der Waals surface area contributed by atoms with E-state index in [-0.39, 0.29) is 0 Å². The number of rotatable bonds is 2. The lowest BCUT2D eigenvalue weighted by Crippen LogP contribution is -2.58. The predicted molar refractivity (Wildman–Crippen MR) is 105 cm³/mol. The van der Waals surface area contributed by atoms with E-state index in [2.05, 4.69) is 49.1 Å². The Hall–Kier alpha value is -0.340. The number of hydrogen-bond acceptors (Lipinski definition) is 2. The van der Waals surface area contributed by atoms with Crippen molar-refractivity contribution in [1.82, 2.24) is 9.80 Å². The molecule has 10 fully saturated rings. The lowest BCUT2D eigenvalue weighted by Gasteiger charge is -2.57. The molecule has 0 aromatic carbocycles. The summed E-state index contributed by atoms with van der Waals surface area (Å²) < 4.78 is 0. The van der Waals surface area contributed by atoms with Crippen LogP contribution in [0, 0.1) is 107 Å². The molecule has 28 heavy (non-hydrogen) atoms. The zero-order valence-electron chi connectivity index (χ0n) is 17.4. The molecule has 12 atom stereocenters. The zero-order chi connectivity index (χ0) is 17.9. The van der Waals surface area contributed by atoms with Crippen LogP contribution in [0.2, 0.25) is 0 Å². The molecule has 0 aromatic rings. The van der Waals surface area contributed by atoms with Crippen molar-refractivity contribution >= 4 is 0 Å². The van der Waals surface area contributed by atoms with Gasteiger partial charge in [0.1, 0.15) is 0 Å². The fraction of sp³-hybridized carbons (Fsp3) is 0.923. The van der Waals surface area contributed by atoms with Crippen LogP contribution in [-0.4, -0.2) is 50.1 Å². The van der Waals surface area contributed by atoms with Gasteiger partial charge >= 0.3 is 0 Å². The fourth-order valence-corrected chi connectivity index (χ4v) is 16.1. The Morgan fingerprint density at radius 3 is 0.893 bits per heavy atom. The molecule has 0 radical (unpaired) electrons. The second kappa shape index (κ2) is 3.42. The molecule has 0 aromatic heterocycles. The Bertz CT molecular complexity index is 827. The first-order valence-corrected chi connectivity index (χ1v) is 12.7. The van der Waals surface area contributed by atoms with Gasteiger partial charge in [-0.05, 0) is 135 Å². The Morgan fingerprint density at radius 1 is 0.357 bits per heavy atom. The van der Waals surface area contributed by atoms with Gasteiger partial charge in [-0.1, -0.05) is 11.1 Å². The first-order valence-electron chi connectivity index (χ1n) is 12.7. The minimum atomic E-state index is 0.957. The topological polar surface area (TPSA) is 6.48 Å². The average Bonchev–Trinajstić information content (AvgIpc) is 3.40. The van der Waals surface area contributed by atoms with Crippen molar-refractivity contribution in [3.05, 3.63) is 11.1 Å². The maximum atomic E-state index is 2.77. The highest BCUT2D eigenvalue weighted by atomic mass is 15.2. The van der Waals surface area contributed by atoms with Crippen LogP contribution in [0.5, 0.6) is 0 Å². The van der Waals surface area contributed by atoms with Gasteiger partial charge in [-0.2, -0.15) is 0 Å². The first-order chi connectivity index (χ1) is 13.6. The molecule has 10 saturated carbocycles. The zero-order valence-corrected chi connectivity index (χ0v) is 17.4. The van der Waals surface area contributed by atoms with Crippen LogP contribution in [0.3, 0.4) is 0 Å². The molecule has 0 heterocycles. The predicted octanol–water partition coefficient (Wildman–Crippen LogP) is 2.38. The Labute approximate surface area is 168 Å². The second-order valence-corrected chi connectivity index (χ2v) is 14.0. The van der Waals surface area contributed by atoms with Crippen molar-refractivity contribution in [1.29, 1.82) is 0 Å². The molecule has 4 bridgehead atoms. The summed E-state index contributed by atoms with van der Waals surface area (Å²) in [6.07, 6.45) is 0. The largest absolute Gasteiger partial charge is 0.306 e. The van der Waals surface area contributed by atoms with Crippen LogP contribution >= 0.6 is 0 Å². The third-order valence-corrected chi connectivity index (χ3v) is 14.5. The molecule has 0 N–H and O–H groups in total. The highest BCUT2D eigenvalue weighted by Crippen LogP contribution is 2.96. The molecule has 146 valence electrons. The Morgan fingerprint density at radius 2 is 0.607 bits per heavy atom. The van der Waals surface area contributed by atoms with Crippen molar-refractivity contribution < 1.29 is 0 Å². The number of nitrogens with zero attached hydrogens (tertiary/aromatic N) is 2. The fourth-order valence-electron chi connectivity index (χ4n) is 16.1. The van der Waals surface area contributed by atoms with E-state index in [1.165, 1.54) is 11.8 Å². The summed E-state index contributed by atoms with van der Waals surface area (Å²) in [5, 5.41) is 0. The summed E-state index contributed by atoms with van der Waals surface area (Å²) >= 11 is 0. The van der Waals surface area contributed by atoms with Crippen molar-refractivity contribution in [3.63, 3.8) is 0 Å². The minimum absolute atomic E-state index is 0.957. The van der Waals surface area contributed by atoms with Gasteiger partial charge in [0.2, 0.25) is 0 Å². The highest BCUT2D eigenvalue weighted by molar-refractivity contribution is 5.56. The average molecular weight is 373 g/mol. The van der Waals surface area contributed by atoms with Gasteiger partial charge in [-0.25, -0.2) is 0 Å². The molecule has 0 aliphatic heterocycles. The Balaban J connectivity index is 1.34. The molecule has 12 aliphatic rings. The second-order valence-electron chi connectivity index (χ2n) is 14.0. The number of allylic oxidation sites excluding steroid dienone is 2. The summed E-state index contributed by atoms with van der Waals surface area (Å²) in [6.45, 7) is 0. The lowest BCUT2D eigenvalue weighted by molar-refractivity contribution is -0.0483. The summed E-state index contributed by atoms with van der Waals surface area (Å²) in [5.74, 6) is 20.3. The molecule has 2 heteroatoms. The van der Waals surface area contributed by atoms with E-state index in [9.17, 15) is 0 Å². The molecule has 0 amide bonds. The van der Waals surface area contributed by atoms with E-state index < -0.39 is 0 Å². The van der Waals surface area contributed by atoms with Gasteiger partial charge in [0.05, 0.1) is 0 Å². The SMILES string of the molecule is CN(C)C1C2C3C4=C5C6C3C3C2C2C7C3C6C(N(C)C)C3C5C5C4C1C2C5C73. The smallest absolute Gasteiger partial charge is 0.0163 e. The number of hydrogen-bond donors (Lipinski definition) is 0. The highest BCUT2D eigenvalue weighted by Gasteiger charge is 2.93. The monoisotopic (exact) mass is 372 g/mol. The maximum absolute atomic E-state index is 2.77. The molecule has 0 saturated heterocycles. The third kappa shape index (κ3) is 0.848. The molecule has 12 rings (SSSR count).